The minimum absolute atomic E-state index is 0.0771. The summed E-state index contributed by atoms with van der Waals surface area (Å²) in [6, 6.07) is 7.26. The lowest BCUT2D eigenvalue weighted by Crippen LogP contribution is -2.25. The molecule has 1 unspecified atom stereocenters. The number of benzene rings is 1. The first-order valence-electron chi connectivity index (χ1n) is 10.9. The summed E-state index contributed by atoms with van der Waals surface area (Å²) in [5.74, 6) is -1.65. The SMILES string of the molecule is COc1cc(CNC(=O)c2cc(C3=NOC(c4c[nH]c(=O)c(CC(=O)O)c4)C3)nc(C)n2)ccc1F. The number of H-pyrrole nitrogens is 1. The number of nitrogens with zero attached hydrogens (tertiary/aromatic N) is 3. The molecule has 0 fully saturated rings. The molecule has 3 heterocycles. The average Bonchev–Trinajstić information content (AvgIpc) is 3.34. The molecular weight excluding hydrogens is 473 g/mol. The Bertz CT molecular complexity index is 1420. The van der Waals surface area contributed by atoms with Gasteiger partial charge in [-0.15, -0.1) is 0 Å². The number of amides is 1. The first kappa shape index (κ1) is 24.5. The van der Waals surface area contributed by atoms with E-state index >= 15 is 0 Å². The van der Waals surface area contributed by atoms with E-state index in [2.05, 4.69) is 25.4 Å². The number of carbonyl (C=O) groups excluding carboxylic acids is 1. The summed E-state index contributed by atoms with van der Waals surface area (Å²) in [5.41, 5.74) is 1.80. The fraction of sp³-hybridized carbons (Fsp3) is 0.250. The van der Waals surface area contributed by atoms with Crippen molar-refractivity contribution in [3.05, 3.63) is 86.6 Å². The molecule has 1 aromatic carbocycles. The molecule has 186 valence electrons. The number of hydrogen-bond donors (Lipinski definition) is 3. The maximum Gasteiger partial charge on any atom is 0.308 e. The van der Waals surface area contributed by atoms with E-state index in [-0.39, 0.29) is 30.0 Å². The number of hydrogen-bond acceptors (Lipinski definition) is 8. The summed E-state index contributed by atoms with van der Waals surface area (Å²) in [5, 5.41) is 15.8. The van der Waals surface area contributed by atoms with Crippen LogP contribution in [0.25, 0.3) is 0 Å². The fourth-order valence-corrected chi connectivity index (χ4v) is 3.66. The lowest BCUT2D eigenvalue weighted by Gasteiger charge is -2.10. The van der Waals surface area contributed by atoms with Crippen molar-refractivity contribution in [3.8, 4) is 5.75 Å². The molecule has 3 N–H and O–H groups in total. The number of methoxy groups -OCH3 is 1. The second-order valence-electron chi connectivity index (χ2n) is 8.03. The van der Waals surface area contributed by atoms with E-state index in [1.54, 1.807) is 6.92 Å². The molecule has 2 aromatic heterocycles. The third kappa shape index (κ3) is 5.54. The Morgan fingerprint density at radius 3 is 2.83 bits per heavy atom. The Morgan fingerprint density at radius 1 is 1.28 bits per heavy atom. The van der Waals surface area contributed by atoms with E-state index in [4.69, 9.17) is 14.7 Å². The molecule has 1 aliphatic rings. The van der Waals surface area contributed by atoms with Crippen LogP contribution in [0, 0.1) is 12.7 Å². The highest BCUT2D eigenvalue weighted by molar-refractivity contribution is 6.02. The van der Waals surface area contributed by atoms with Gasteiger partial charge in [-0.3, -0.25) is 14.4 Å². The van der Waals surface area contributed by atoms with Crippen molar-refractivity contribution in [2.75, 3.05) is 7.11 Å². The second-order valence-corrected chi connectivity index (χ2v) is 8.03. The summed E-state index contributed by atoms with van der Waals surface area (Å²) >= 11 is 0. The number of rotatable bonds is 8. The molecule has 4 rings (SSSR count). The number of carboxylic acid groups (broad SMARTS) is 1. The van der Waals surface area contributed by atoms with Crippen LogP contribution in [0.2, 0.25) is 0 Å². The lowest BCUT2D eigenvalue weighted by atomic mass is 10.0. The van der Waals surface area contributed by atoms with Crippen molar-refractivity contribution < 1.29 is 28.7 Å². The van der Waals surface area contributed by atoms with E-state index in [1.807, 2.05) is 0 Å². The number of aryl methyl sites for hydroxylation is 1. The zero-order chi connectivity index (χ0) is 25.8. The highest BCUT2D eigenvalue weighted by atomic mass is 19.1. The molecule has 36 heavy (non-hydrogen) atoms. The number of nitrogens with one attached hydrogen (secondary N) is 2. The van der Waals surface area contributed by atoms with Crippen LogP contribution < -0.4 is 15.6 Å². The largest absolute Gasteiger partial charge is 0.494 e. The van der Waals surface area contributed by atoms with Crippen LogP contribution in [-0.2, 0) is 22.6 Å². The number of carbonyl (C=O) groups is 2. The van der Waals surface area contributed by atoms with Gasteiger partial charge in [-0.05, 0) is 36.8 Å². The summed E-state index contributed by atoms with van der Waals surface area (Å²) in [7, 11) is 1.36. The molecule has 0 radical (unpaired) electrons. The van der Waals surface area contributed by atoms with Crippen LogP contribution in [0.5, 0.6) is 5.75 Å². The second kappa shape index (κ2) is 10.3. The monoisotopic (exact) mass is 495 g/mol. The van der Waals surface area contributed by atoms with E-state index in [0.29, 0.717) is 28.4 Å². The third-order valence-corrected chi connectivity index (χ3v) is 5.42. The highest BCUT2D eigenvalue weighted by Gasteiger charge is 2.27. The first-order chi connectivity index (χ1) is 17.2. The number of carboxylic acids is 1. The number of pyridine rings is 1. The van der Waals surface area contributed by atoms with Gasteiger partial charge in [0.1, 0.15) is 17.2 Å². The Labute approximate surface area is 204 Å². The van der Waals surface area contributed by atoms with Crippen LogP contribution in [0.1, 0.15) is 51.2 Å². The van der Waals surface area contributed by atoms with Crippen LogP contribution >= 0.6 is 0 Å². The third-order valence-electron chi connectivity index (χ3n) is 5.42. The number of ether oxygens (including phenoxy) is 1. The van der Waals surface area contributed by atoms with Crippen molar-refractivity contribution in [2.45, 2.75) is 32.4 Å². The minimum atomic E-state index is -1.12. The van der Waals surface area contributed by atoms with Gasteiger partial charge >= 0.3 is 5.97 Å². The highest BCUT2D eigenvalue weighted by Crippen LogP contribution is 2.29. The molecule has 3 aromatic rings. The molecular formula is C24H22FN5O6. The Balaban J connectivity index is 1.46. The van der Waals surface area contributed by atoms with Gasteiger partial charge < -0.3 is 25.0 Å². The van der Waals surface area contributed by atoms with Crippen molar-refractivity contribution >= 4 is 17.6 Å². The van der Waals surface area contributed by atoms with Crippen LogP contribution in [0.4, 0.5) is 4.39 Å². The smallest absolute Gasteiger partial charge is 0.308 e. The van der Waals surface area contributed by atoms with Gasteiger partial charge in [0.2, 0.25) is 0 Å². The molecule has 0 spiro atoms. The summed E-state index contributed by atoms with van der Waals surface area (Å²) < 4.78 is 18.6. The van der Waals surface area contributed by atoms with Crippen LogP contribution in [-0.4, -0.2) is 44.8 Å². The average molecular weight is 495 g/mol. The Hall–Kier alpha value is -4.61. The van der Waals surface area contributed by atoms with Gasteiger partial charge in [0.05, 0.1) is 19.2 Å². The fourth-order valence-electron chi connectivity index (χ4n) is 3.66. The normalized spacial score (nSPS) is 14.6. The summed E-state index contributed by atoms with van der Waals surface area (Å²) in [6.45, 7) is 1.77. The maximum absolute atomic E-state index is 13.6. The molecule has 1 amide bonds. The molecule has 1 atom stereocenters. The zero-order valence-electron chi connectivity index (χ0n) is 19.4. The van der Waals surface area contributed by atoms with E-state index < -0.39 is 35.8 Å². The predicted octanol–water partition coefficient (Wildman–Crippen LogP) is 2.04. The van der Waals surface area contributed by atoms with Crippen LogP contribution in [0.3, 0.4) is 0 Å². The number of halogens is 1. The standard InChI is InChI=1S/C24H22FN5O6/c1-12-28-17(8-19(29-12)24(34)26-10-13-3-4-16(25)21(5-13)35-2)18-9-20(36-30-18)15-6-14(7-22(31)32)23(33)27-11-15/h3-6,8,11,20H,7,9-10H2,1-2H3,(H,26,34)(H,27,33)(H,31,32). The molecule has 0 saturated heterocycles. The number of aromatic nitrogens is 3. The summed E-state index contributed by atoms with van der Waals surface area (Å²) in [4.78, 5) is 52.2. The zero-order valence-corrected chi connectivity index (χ0v) is 19.4. The first-order valence-corrected chi connectivity index (χ1v) is 10.9. The Kier molecular flexibility index (Phi) is 7.04. The van der Waals surface area contributed by atoms with Gasteiger partial charge in [0.15, 0.2) is 17.7 Å². The van der Waals surface area contributed by atoms with E-state index in [0.717, 1.165) is 0 Å². The molecule has 0 saturated carbocycles. The van der Waals surface area contributed by atoms with E-state index in [9.17, 15) is 18.8 Å². The predicted molar refractivity (Wildman–Crippen MR) is 124 cm³/mol. The quantitative estimate of drug-likeness (QED) is 0.429. The number of aliphatic carboxylic acids is 1. The van der Waals surface area contributed by atoms with Gasteiger partial charge in [-0.1, -0.05) is 11.2 Å². The molecule has 11 nitrogen and oxygen atoms in total. The van der Waals surface area contributed by atoms with Crippen molar-refractivity contribution in [1.29, 1.82) is 0 Å². The van der Waals surface area contributed by atoms with Gasteiger partial charge in [0.25, 0.3) is 11.5 Å². The maximum atomic E-state index is 13.6. The molecule has 12 heteroatoms. The number of oxime groups is 1. The lowest BCUT2D eigenvalue weighted by molar-refractivity contribution is -0.136. The van der Waals surface area contributed by atoms with Crippen LogP contribution in [0.15, 0.2) is 46.5 Å². The summed E-state index contributed by atoms with van der Waals surface area (Å²) in [6.07, 6.45) is 0.750. The number of aromatic amines is 1. The van der Waals surface area contributed by atoms with Gasteiger partial charge in [-0.25, -0.2) is 14.4 Å². The molecule has 0 aliphatic carbocycles. The molecule has 0 bridgehead atoms. The van der Waals surface area contributed by atoms with Gasteiger partial charge in [0, 0.05) is 30.3 Å². The molecule has 1 aliphatic heterocycles. The van der Waals surface area contributed by atoms with E-state index in [1.165, 1.54) is 43.6 Å². The minimum Gasteiger partial charge on any atom is -0.494 e. The topological polar surface area (TPSA) is 156 Å². The van der Waals surface area contributed by atoms with Crippen molar-refractivity contribution in [2.24, 2.45) is 5.16 Å². The van der Waals surface area contributed by atoms with Crippen molar-refractivity contribution in [3.63, 3.8) is 0 Å². The van der Waals surface area contributed by atoms with Gasteiger partial charge in [-0.2, -0.15) is 0 Å². The van der Waals surface area contributed by atoms with Crippen molar-refractivity contribution in [1.82, 2.24) is 20.3 Å². The Morgan fingerprint density at radius 2 is 2.08 bits per heavy atom.